The van der Waals surface area contributed by atoms with Crippen molar-refractivity contribution in [3.05, 3.63) is 0 Å². The second-order valence-corrected chi connectivity index (χ2v) is 27.9. The number of phosphoric ester groups is 2. The third kappa shape index (κ3) is 62.6. The Balaban J connectivity index is 5.19. The van der Waals surface area contributed by atoms with Gasteiger partial charge in [0.2, 0.25) is 0 Å². The molecule has 0 saturated carbocycles. The molecule has 0 saturated heterocycles. The van der Waals surface area contributed by atoms with Crippen LogP contribution in [-0.2, 0) is 65.4 Å². The molecule has 3 N–H and O–H groups in total. The summed E-state index contributed by atoms with van der Waals surface area (Å²) < 4.78 is 68.1. The van der Waals surface area contributed by atoms with Crippen LogP contribution in [0.1, 0.15) is 349 Å². The van der Waals surface area contributed by atoms with Crippen molar-refractivity contribution in [3.63, 3.8) is 0 Å². The molecule has 516 valence electrons. The van der Waals surface area contributed by atoms with Crippen molar-refractivity contribution in [1.29, 1.82) is 0 Å². The van der Waals surface area contributed by atoms with Gasteiger partial charge in [-0.25, -0.2) is 9.13 Å². The number of carbonyl (C=O) groups excluding carboxylic acids is 4. The van der Waals surface area contributed by atoms with Gasteiger partial charge in [0, 0.05) is 25.7 Å². The molecule has 0 radical (unpaired) electrons. The van der Waals surface area contributed by atoms with E-state index in [4.69, 9.17) is 37.0 Å². The lowest BCUT2D eigenvalue weighted by atomic mass is 10.0. The summed E-state index contributed by atoms with van der Waals surface area (Å²) in [5.41, 5.74) is 0. The first-order valence-electron chi connectivity index (χ1n) is 35.6. The summed E-state index contributed by atoms with van der Waals surface area (Å²) in [6.45, 7) is 7.19. The molecule has 0 aliphatic rings. The van der Waals surface area contributed by atoms with Gasteiger partial charge in [0.25, 0.3) is 0 Å². The maximum atomic E-state index is 13.0. The molecular weight excluding hydrogens is 1150 g/mol. The fourth-order valence-electron chi connectivity index (χ4n) is 10.3. The molecule has 0 heterocycles. The van der Waals surface area contributed by atoms with E-state index in [2.05, 4.69) is 34.6 Å². The molecule has 0 spiro atoms. The van der Waals surface area contributed by atoms with Crippen molar-refractivity contribution in [3.8, 4) is 0 Å². The van der Waals surface area contributed by atoms with Gasteiger partial charge < -0.3 is 33.8 Å². The number of carbonyl (C=O) groups is 4. The summed E-state index contributed by atoms with van der Waals surface area (Å²) in [6.07, 6.45) is 47.3. The second-order valence-electron chi connectivity index (χ2n) is 25.0. The highest BCUT2D eigenvalue weighted by Gasteiger charge is 2.30. The van der Waals surface area contributed by atoms with E-state index in [9.17, 15) is 43.2 Å². The zero-order valence-corrected chi connectivity index (χ0v) is 57.9. The van der Waals surface area contributed by atoms with Crippen molar-refractivity contribution in [2.45, 2.75) is 368 Å². The molecule has 0 amide bonds. The molecule has 2 unspecified atom stereocenters. The summed E-state index contributed by atoms with van der Waals surface area (Å²) in [7, 11) is -9.89. The highest BCUT2D eigenvalue weighted by atomic mass is 31.2. The standard InChI is InChI=1S/C68H132O17P2/c1-6-9-12-15-18-20-21-22-23-24-25-30-34-39-44-49-54-68(73)85-64(58-79-66(71)52-47-42-37-33-29-27-26-28-32-36-40-45-50-61(4)5)60-83-87(76,77)81-56-62(69)55-80-86(74,75)82-59-63(57-78-65(70)51-46-41-35-17-14-11-8-3)84-67(72)53-48-43-38-31-19-16-13-10-7-2/h61-64,69H,6-60H2,1-5H3,(H,74,75)(H,76,77)/t62-,63+,64+/m0/s1. The fourth-order valence-corrected chi connectivity index (χ4v) is 11.9. The van der Waals surface area contributed by atoms with Gasteiger partial charge in [-0.05, 0) is 31.6 Å². The number of unbranched alkanes of at least 4 members (excludes halogenated alkanes) is 40. The third-order valence-corrected chi connectivity index (χ3v) is 17.7. The van der Waals surface area contributed by atoms with E-state index in [1.165, 1.54) is 161 Å². The van der Waals surface area contributed by atoms with E-state index >= 15 is 0 Å². The number of hydrogen-bond donors (Lipinski definition) is 3. The summed E-state index contributed by atoms with van der Waals surface area (Å²) in [4.78, 5) is 72.3. The maximum Gasteiger partial charge on any atom is 0.472 e. The zero-order valence-electron chi connectivity index (χ0n) is 56.2. The normalized spacial score (nSPS) is 14.1. The van der Waals surface area contributed by atoms with Crippen LogP contribution in [0.5, 0.6) is 0 Å². The van der Waals surface area contributed by atoms with Gasteiger partial charge in [-0.15, -0.1) is 0 Å². The average molecular weight is 1280 g/mol. The van der Waals surface area contributed by atoms with Crippen molar-refractivity contribution in [1.82, 2.24) is 0 Å². The molecule has 0 aromatic rings. The van der Waals surface area contributed by atoms with Crippen LogP contribution in [0.15, 0.2) is 0 Å². The molecule has 0 aliphatic heterocycles. The minimum atomic E-state index is -4.95. The van der Waals surface area contributed by atoms with Crippen LogP contribution in [-0.4, -0.2) is 96.7 Å². The second kappa shape index (κ2) is 61.6. The van der Waals surface area contributed by atoms with E-state index in [-0.39, 0.29) is 25.7 Å². The number of hydrogen-bond acceptors (Lipinski definition) is 15. The van der Waals surface area contributed by atoms with Crippen LogP contribution < -0.4 is 0 Å². The van der Waals surface area contributed by atoms with Crippen LogP contribution in [0.4, 0.5) is 0 Å². The lowest BCUT2D eigenvalue weighted by Gasteiger charge is -2.21. The number of ether oxygens (including phenoxy) is 4. The Hall–Kier alpha value is -1.94. The highest BCUT2D eigenvalue weighted by molar-refractivity contribution is 7.47. The molecule has 0 fully saturated rings. The van der Waals surface area contributed by atoms with E-state index < -0.39 is 97.5 Å². The lowest BCUT2D eigenvalue weighted by Crippen LogP contribution is -2.30. The first-order chi connectivity index (χ1) is 42.0. The molecule has 87 heavy (non-hydrogen) atoms. The number of rotatable bonds is 68. The molecule has 0 bridgehead atoms. The molecule has 17 nitrogen and oxygen atoms in total. The number of aliphatic hydroxyl groups excluding tert-OH is 1. The maximum absolute atomic E-state index is 13.0. The van der Waals surface area contributed by atoms with Crippen LogP contribution in [0.2, 0.25) is 0 Å². The van der Waals surface area contributed by atoms with Crippen LogP contribution in [0.25, 0.3) is 0 Å². The Labute approximate surface area is 530 Å². The Morgan fingerprint density at radius 1 is 0.310 bits per heavy atom. The molecular formula is C68H132O17P2. The predicted molar refractivity (Wildman–Crippen MR) is 349 cm³/mol. The molecule has 0 rings (SSSR count). The number of phosphoric acid groups is 2. The molecule has 0 aliphatic carbocycles. The van der Waals surface area contributed by atoms with Crippen molar-refractivity contribution in [2.24, 2.45) is 5.92 Å². The van der Waals surface area contributed by atoms with Crippen molar-refractivity contribution < 1.29 is 80.2 Å². The first kappa shape index (κ1) is 85.1. The van der Waals surface area contributed by atoms with E-state index in [0.717, 1.165) is 109 Å². The highest BCUT2D eigenvalue weighted by Crippen LogP contribution is 2.45. The fraction of sp³-hybridized carbons (Fsp3) is 0.941. The van der Waals surface area contributed by atoms with Crippen LogP contribution in [0.3, 0.4) is 0 Å². The minimum absolute atomic E-state index is 0.106. The Bertz CT molecular complexity index is 1690. The summed E-state index contributed by atoms with van der Waals surface area (Å²) in [5.74, 6) is -1.35. The lowest BCUT2D eigenvalue weighted by molar-refractivity contribution is -0.161. The Kier molecular flexibility index (Phi) is 60.2. The van der Waals surface area contributed by atoms with Gasteiger partial charge in [-0.1, -0.05) is 298 Å². The van der Waals surface area contributed by atoms with E-state index in [1.54, 1.807) is 0 Å². The molecule has 0 aromatic heterocycles. The SMILES string of the molecule is CCCCCCCCCCCCCCCCCCC(=O)O[C@H](COC(=O)CCCCCCCCCCCCCCC(C)C)COP(=O)(O)OC[C@@H](O)COP(=O)(O)OC[C@@H](COC(=O)CCCCCCCCC)OC(=O)CCCCCCCCCCC. The van der Waals surface area contributed by atoms with Crippen LogP contribution >= 0.6 is 15.6 Å². The first-order valence-corrected chi connectivity index (χ1v) is 38.6. The van der Waals surface area contributed by atoms with Gasteiger partial charge in [0.05, 0.1) is 26.4 Å². The molecule has 5 atom stereocenters. The third-order valence-electron chi connectivity index (χ3n) is 15.8. The minimum Gasteiger partial charge on any atom is -0.462 e. The van der Waals surface area contributed by atoms with Crippen molar-refractivity contribution in [2.75, 3.05) is 39.6 Å². The summed E-state index contributed by atoms with van der Waals surface area (Å²) >= 11 is 0. The number of esters is 4. The summed E-state index contributed by atoms with van der Waals surface area (Å²) in [5, 5.41) is 10.5. The van der Waals surface area contributed by atoms with Gasteiger partial charge in [0.1, 0.15) is 19.3 Å². The Morgan fingerprint density at radius 2 is 0.529 bits per heavy atom. The quantitative estimate of drug-likeness (QED) is 0.0222. The Morgan fingerprint density at radius 3 is 0.782 bits per heavy atom. The average Bonchev–Trinajstić information content (AvgIpc) is 3.69. The van der Waals surface area contributed by atoms with E-state index in [1.807, 2.05) is 0 Å². The zero-order chi connectivity index (χ0) is 64.2. The predicted octanol–water partition coefficient (Wildman–Crippen LogP) is 19.4. The van der Waals surface area contributed by atoms with Crippen LogP contribution in [0, 0.1) is 5.92 Å². The van der Waals surface area contributed by atoms with Gasteiger partial charge in [0.15, 0.2) is 12.2 Å². The largest absolute Gasteiger partial charge is 0.472 e. The topological polar surface area (TPSA) is 237 Å². The molecule has 0 aromatic carbocycles. The van der Waals surface area contributed by atoms with Gasteiger partial charge in [-0.2, -0.15) is 0 Å². The van der Waals surface area contributed by atoms with Crippen molar-refractivity contribution >= 4 is 39.5 Å². The van der Waals surface area contributed by atoms with Gasteiger partial charge >= 0.3 is 39.5 Å². The monoisotopic (exact) mass is 1280 g/mol. The number of aliphatic hydroxyl groups is 1. The van der Waals surface area contributed by atoms with E-state index in [0.29, 0.717) is 25.7 Å². The summed E-state index contributed by atoms with van der Waals surface area (Å²) in [6, 6.07) is 0. The molecule has 19 heteroatoms. The smallest absolute Gasteiger partial charge is 0.462 e. The van der Waals surface area contributed by atoms with Gasteiger partial charge in [-0.3, -0.25) is 37.3 Å².